The fourth-order valence-electron chi connectivity index (χ4n) is 4.17. The van der Waals surface area contributed by atoms with Gasteiger partial charge in [-0.1, -0.05) is 69.7 Å². The van der Waals surface area contributed by atoms with Crippen molar-refractivity contribution in [3.63, 3.8) is 0 Å². The van der Waals surface area contributed by atoms with Gasteiger partial charge in [-0.15, -0.1) is 0 Å². The van der Waals surface area contributed by atoms with Gasteiger partial charge in [-0.3, -0.25) is 4.79 Å². The summed E-state index contributed by atoms with van der Waals surface area (Å²) in [6.07, 6.45) is 11.2. The first-order valence-electron chi connectivity index (χ1n) is 11.1. The summed E-state index contributed by atoms with van der Waals surface area (Å²) in [5.41, 5.74) is 2.74. The monoisotopic (exact) mass is 394 g/mol. The minimum Gasteiger partial charge on any atom is -0.459 e. The van der Waals surface area contributed by atoms with E-state index < -0.39 is 19.0 Å². The Morgan fingerprint density at radius 2 is 1.57 bits per heavy atom. The zero-order valence-electron chi connectivity index (χ0n) is 17.3. The molecule has 28 heavy (non-hydrogen) atoms. The van der Waals surface area contributed by atoms with Gasteiger partial charge in [0.2, 0.25) is 0 Å². The number of benzene rings is 1. The number of hydrogen-bond donors (Lipinski definition) is 0. The van der Waals surface area contributed by atoms with Gasteiger partial charge in [0.15, 0.2) is 6.61 Å². The third-order valence-electron chi connectivity index (χ3n) is 5.93. The second-order valence-electron chi connectivity index (χ2n) is 8.18. The zero-order valence-corrected chi connectivity index (χ0v) is 17.3. The standard InChI is InChI=1S/C24H36F2O2/c1-2-3-4-5-6-7-8-9-19-10-12-20(13-11-19)21-14-16-22(17-15-21)24(27)28-18-23(25)26/h10-13,21-23H,2-9,14-18H2,1H3. The Morgan fingerprint density at radius 3 is 2.18 bits per heavy atom. The van der Waals surface area contributed by atoms with Gasteiger partial charge < -0.3 is 4.74 Å². The molecule has 0 saturated heterocycles. The van der Waals surface area contributed by atoms with Crippen molar-refractivity contribution >= 4 is 5.97 Å². The maximum Gasteiger partial charge on any atom is 0.309 e. The summed E-state index contributed by atoms with van der Waals surface area (Å²) in [5, 5.41) is 0. The molecular formula is C24H36F2O2. The van der Waals surface area contributed by atoms with E-state index in [9.17, 15) is 13.6 Å². The Labute approximate surface area is 169 Å². The molecule has 1 saturated carbocycles. The van der Waals surface area contributed by atoms with E-state index in [2.05, 4.69) is 35.9 Å². The lowest BCUT2D eigenvalue weighted by molar-refractivity contribution is -0.153. The molecule has 0 N–H and O–H groups in total. The fraction of sp³-hybridized carbons (Fsp3) is 0.708. The van der Waals surface area contributed by atoms with Crippen molar-refractivity contribution in [3.05, 3.63) is 35.4 Å². The van der Waals surface area contributed by atoms with Crippen molar-refractivity contribution in [3.8, 4) is 0 Å². The van der Waals surface area contributed by atoms with Crippen molar-refractivity contribution in [2.24, 2.45) is 5.92 Å². The van der Waals surface area contributed by atoms with Gasteiger partial charge in [0, 0.05) is 0 Å². The van der Waals surface area contributed by atoms with Crippen LogP contribution in [-0.2, 0) is 16.0 Å². The molecule has 1 aromatic carbocycles. The Bertz CT molecular complexity index is 548. The van der Waals surface area contributed by atoms with Crippen molar-refractivity contribution < 1.29 is 18.3 Å². The van der Waals surface area contributed by atoms with Crippen LogP contribution in [0, 0.1) is 5.92 Å². The van der Waals surface area contributed by atoms with E-state index in [0.717, 1.165) is 32.1 Å². The molecule has 0 aromatic heterocycles. The molecule has 0 atom stereocenters. The van der Waals surface area contributed by atoms with Crippen LogP contribution in [0.5, 0.6) is 0 Å². The van der Waals surface area contributed by atoms with Crippen LogP contribution in [0.2, 0.25) is 0 Å². The van der Waals surface area contributed by atoms with Crippen LogP contribution in [0.3, 0.4) is 0 Å². The first-order chi connectivity index (χ1) is 13.6. The topological polar surface area (TPSA) is 26.3 Å². The van der Waals surface area contributed by atoms with Crippen LogP contribution in [0.1, 0.15) is 94.6 Å². The number of esters is 1. The molecule has 2 rings (SSSR count). The molecule has 1 fully saturated rings. The molecule has 0 heterocycles. The first kappa shape index (κ1) is 22.8. The highest BCUT2D eigenvalue weighted by molar-refractivity contribution is 5.72. The third-order valence-corrected chi connectivity index (χ3v) is 5.93. The van der Waals surface area contributed by atoms with Crippen molar-refractivity contribution in [1.82, 2.24) is 0 Å². The van der Waals surface area contributed by atoms with E-state index in [0.29, 0.717) is 5.92 Å². The Balaban J connectivity index is 1.66. The number of halogens is 2. The lowest BCUT2D eigenvalue weighted by atomic mass is 9.78. The summed E-state index contributed by atoms with van der Waals surface area (Å²) >= 11 is 0. The number of rotatable bonds is 12. The second-order valence-corrected chi connectivity index (χ2v) is 8.18. The molecule has 158 valence electrons. The predicted molar refractivity (Wildman–Crippen MR) is 110 cm³/mol. The van der Waals surface area contributed by atoms with Crippen LogP contribution in [0.15, 0.2) is 24.3 Å². The van der Waals surface area contributed by atoms with Crippen LogP contribution in [0.25, 0.3) is 0 Å². The van der Waals surface area contributed by atoms with E-state index in [4.69, 9.17) is 0 Å². The van der Waals surface area contributed by atoms with Gasteiger partial charge in [0.05, 0.1) is 5.92 Å². The number of unbranched alkanes of at least 4 members (excludes halogenated alkanes) is 6. The van der Waals surface area contributed by atoms with Crippen molar-refractivity contribution in [2.45, 2.75) is 96.3 Å². The zero-order chi connectivity index (χ0) is 20.2. The molecule has 1 aromatic rings. The Morgan fingerprint density at radius 1 is 0.964 bits per heavy atom. The predicted octanol–water partition coefficient (Wildman–Crippen LogP) is 7.06. The maximum atomic E-state index is 12.2. The molecular weight excluding hydrogens is 358 g/mol. The molecule has 4 heteroatoms. The quantitative estimate of drug-likeness (QED) is 0.280. The highest BCUT2D eigenvalue weighted by Gasteiger charge is 2.28. The number of aryl methyl sites for hydroxylation is 1. The lowest BCUT2D eigenvalue weighted by Crippen LogP contribution is -2.24. The summed E-state index contributed by atoms with van der Waals surface area (Å²) in [5.74, 6) is -0.206. The van der Waals surface area contributed by atoms with Crippen molar-refractivity contribution in [1.29, 1.82) is 0 Å². The number of alkyl halides is 2. The van der Waals surface area contributed by atoms with Gasteiger partial charge in [-0.2, -0.15) is 0 Å². The summed E-state index contributed by atoms with van der Waals surface area (Å²) in [7, 11) is 0. The molecule has 1 aliphatic rings. The van der Waals surface area contributed by atoms with E-state index in [1.54, 1.807) is 0 Å². The number of carbonyl (C=O) groups is 1. The summed E-state index contributed by atoms with van der Waals surface area (Å²) in [6, 6.07) is 8.96. The molecule has 0 unspecified atom stereocenters. The van der Waals surface area contributed by atoms with Crippen LogP contribution in [-0.4, -0.2) is 19.0 Å². The summed E-state index contributed by atoms with van der Waals surface area (Å²) in [6.45, 7) is 1.47. The first-order valence-corrected chi connectivity index (χ1v) is 11.1. The van der Waals surface area contributed by atoms with E-state index in [-0.39, 0.29) is 5.92 Å². The fourth-order valence-corrected chi connectivity index (χ4v) is 4.17. The van der Waals surface area contributed by atoms with E-state index >= 15 is 0 Å². The van der Waals surface area contributed by atoms with Gasteiger partial charge in [-0.05, 0) is 55.6 Å². The largest absolute Gasteiger partial charge is 0.459 e. The number of carbonyl (C=O) groups excluding carboxylic acids is 1. The van der Waals surface area contributed by atoms with E-state index in [1.165, 1.54) is 56.1 Å². The Kier molecular flexibility index (Phi) is 10.5. The summed E-state index contributed by atoms with van der Waals surface area (Å²) in [4.78, 5) is 11.8. The number of ether oxygens (including phenoxy) is 1. The molecule has 0 aliphatic heterocycles. The van der Waals surface area contributed by atoms with Crippen molar-refractivity contribution in [2.75, 3.05) is 6.61 Å². The SMILES string of the molecule is CCCCCCCCCc1ccc(C2CCC(C(=O)OCC(F)F)CC2)cc1. The molecule has 1 aliphatic carbocycles. The molecule has 2 nitrogen and oxygen atoms in total. The van der Waals surface area contributed by atoms with Gasteiger partial charge >= 0.3 is 5.97 Å². The average molecular weight is 395 g/mol. The molecule has 0 bridgehead atoms. The average Bonchev–Trinajstić information content (AvgIpc) is 2.72. The van der Waals surface area contributed by atoms with Gasteiger partial charge in [0.1, 0.15) is 0 Å². The second kappa shape index (κ2) is 12.9. The van der Waals surface area contributed by atoms with Gasteiger partial charge in [0.25, 0.3) is 6.43 Å². The lowest BCUT2D eigenvalue weighted by Gasteiger charge is -2.27. The Hall–Kier alpha value is -1.45. The normalized spacial score (nSPS) is 19.7. The minimum atomic E-state index is -2.58. The van der Waals surface area contributed by atoms with E-state index in [1.807, 2.05) is 0 Å². The molecule has 0 radical (unpaired) electrons. The minimum absolute atomic E-state index is 0.216. The van der Waals surface area contributed by atoms with Crippen LogP contribution >= 0.6 is 0 Å². The van der Waals surface area contributed by atoms with Crippen LogP contribution < -0.4 is 0 Å². The van der Waals surface area contributed by atoms with Crippen LogP contribution in [0.4, 0.5) is 8.78 Å². The highest BCUT2D eigenvalue weighted by Crippen LogP contribution is 2.36. The number of hydrogen-bond acceptors (Lipinski definition) is 2. The smallest absolute Gasteiger partial charge is 0.309 e. The maximum absolute atomic E-state index is 12.2. The molecule has 0 amide bonds. The molecule has 0 spiro atoms. The van der Waals surface area contributed by atoms with Gasteiger partial charge in [-0.25, -0.2) is 8.78 Å². The summed E-state index contributed by atoms with van der Waals surface area (Å²) < 4.78 is 29.0. The third kappa shape index (κ3) is 8.28. The highest BCUT2D eigenvalue weighted by atomic mass is 19.3.